The minimum atomic E-state index is 0.0793. The van der Waals surface area contributed by atoms with E-state index in [0.29, 0.717) is 43.3 Å². The normalized spacial score (nSPS) is 25.7. The summed E-state index contributed by atoms with van der Waals surface area (Å²) >= 11 is 6.10. The molecule has 28 heavy (non-hydrogen) atoms. The number of amides is 2. The Morgan fingerprint density at radius 3 is 2.79 bits per heavy atom. The van der Waals surface area contributed by atoms with Crippen molar-refractivity contribution in [2.24, 2.45) is 11.8 Å². The molecule has 6 nitrogen and oxygen atoms in total. The number of aromatic nitrogens is 1. The molecule has 1 aromatic heterocycles. The van der Waals surface area contributed by atoms with Gasteiger partial charge in [0.1, 0.15) is 12.3 Å². The Balaban J connectivity index is 1.30. The fourth-order valence-electron chi connectivity index (χ4n) is 4.21. The van der Waals surface area contributed by atoms with Gasteiger partial charge in [-0.2, -0.15) is 0 Å². The van der Waals surface area contributed by atoms with E-state index in [-0.39, 0.29) is 36.4 Å². The average molecular weight is 402 g/mol. The van der Waals surface area contributed by atoms with E-state index in [2.05, 4.69) is 16.8 Å². The zero-order valence-corrected chi connectivity index (χ0v) is 16.5. The van der Waals surface area contributed by atoms with Gasteiger partial charge in [0.2, 0.25) is 0 Å². The molecule has 4 rings (SSSR count). The van der Waals surface area contributed by atoms with Crippen molar-refractivity contribution in [2.75, 3.05) is 32.8 Å². The quantitative estimate of drug-likeness (QED) is 0.627. The van der Waals surface area contributed by atoms with Crippen LogP contribution in [-0.2, 0) is 9.53 Å². The first kappa shape index (κ1) is 19.2. The molecular formula is C21H24ClN3O3. The van der Waals surface area contributed by atoms with Gasteiger partial charge in [0.25, 0.3) is 0 Å². The van der Waals surface area contributed by atoms with Crippen molar-refractivity contribution in [1.82, 2.24) is 14.8 Å². The number of halogens is 1. The molecule has 0 saturated carbocycles. The summed E-state index contributed by atoms with van der Waals surface area (Å²) < 4.78 is 5.62. The Labute approximate surface area is 170 Å². The van der Waals surface area contributed by atoms with Gasteiger partial charge in [-0.3, -0.25) is 4.79 Å². The Morgan fingerprint density at radius 1 is 1.21 bits per heavy atom. The molecule has 1 aromatic rings. The van der Waals surface area contributed by atoms with E-state index in [9.17, 15) is 9.59 Å². The van der Waals surface area contributed by atoms with Gasteiger partial charge in [-0.1, -0.05) is 17.5 Å². The average Bonchev–Trinajstić information content (AvgIpc) is 2.72. The molecule has 0 unspecified atom stereocenters. The zero-order chi connectivity index (χ0) is 19.5. The minimum absolute atomic E-state index is 0.0793. The number of hydrogen-bond acceptors (Lipinski definition) is 4. The Kier molecular flexibility index (Phi) is 5.84. The van der Waals surface area contributed by atoms with Gasteiger partial charge in [0, 0.05) is 50.6 Å². The van der Waals surface area contributed by atoms with Crippen LogP contribution in [0.4, 0.5) is 4.79 Å². The molecule has 0 spiro atoms. The van der Waals surface area contributed by atoms with Gasteiger partial charge in [-0.05, 0) is 37.3 Å². The van der Waals surface area contributed by atoms with Gasteiger partial charge in [0.15, 0.2) is 5.78 Å². The highest BCUT2D eigenvalue weighted by molar-refractivity contribution is 6.31. The lowest BCUT2D eigenvalue weighted by Crippen LogP contribution is -2.54. The monoisotopic (exact) mass is 401 g/mol. The van der Waals surface area contributed by atoms with E-state index in [4.69, 9.17) is 16.3 Å². The first-order valence-corrected chi connectivity index (χ1v) is 10.3. The molecule has 0 radical (unpaired) electrons. The van der Waals surface area contributed by atoms with E-state index in [0.717, 1.165) is 19.3 Å². The summed E-state index contributed by atoms with van der Waals surface area (Å²) in [5, 5.41) is 0.566. The van der Waals surface area contributed by atoms with E-state index in [1.165, 1.54) is 0 Å². The number of pyridine rings is 1. The number of carbonyl (C=O) groups excluding carboxylic acids is 2. The smallest absolute Gasteiger partial charge is 0.320 e. The summed E-state index contributed by atoms with van der Waals surface area (Å²) in [6.45, 7) is 2.95. The predicted octanol–water partition coefficient (Wildman–Crippen LogP) is 2.60. The van der Waals surface area contributed by atoms with Crippen LogP contribution in [0.5, 0.6) is 0 Å². The largest absolute Gasteiger partial charge is 0.370 e. The van der Waals surface area contributed by atoms with E-state index in [1.54, 1.807) is 18.3 Å². The third-order valence-electron chi connectivity index (χ3n) is 5.80. The molecule has 3 aliphatic heterocycles. The lowest BCUT2D eigenvalue weighted by Gasteiger charge is -2.42. The van der Waals surface area contributed by atoms with Gasteiger partial charge in [-0.15, -0.1) is 0 Å². The maximum Gasteiger partial charge on any atom is 0.320 e. The summed E-state index contributed by atoms with van der Waals surface area (Å²) in [5.74, 6) is 6.86. The van der Waals surface area contributed by atoms with Crippen molar-refractivity contribution in [3.63, 3.8) is 0 Å². The molecule has 0 N–H and O–H groups in total. The number of fused-ring (bicyclic) bond motifs is 1. The first-order valence-electron chi connectivity index (χ1n) is 9.89. The lowest BCUT2D eigenvalue weighted by atomic mass is 9.88. The molecule has 0 aliphatic carbocycles. The van der Waals surface area contributed by atoms with E-state index >= 15 is 0 Å². The van der Waals surface area contributed by atoms with E-state index < -0.39 is 0 Å². The molecule has 3 fully saturated rings. The zero-order valence-electron chi connectivity index (χ0n) is 15.8. The Bertz CT molecular complexity index is 811. The molecule has 0 aromatic carbocycles. The fourth-order valence-corrected chi connectivity index (χ4v) is 4.38. The number of piperidine rings is 2. The van der Waals surface area contributed by atoms with Crippen LogP contribution in [-0.4, -0.2) is 65.5 Å². The van der Waals surface area contributed by atoms with E-state index in [1.807, 2.05) is 9.80 Å². The van der Waals surface area contributed by atoms with Crippen molar-refractivity contribution in [3.05, 3.63) is 29.0 Å². The lowest BCUT2D eigenvalue weighted by molar-refractivity contribution is -0.139. The van der Waals surface area contributed by atoms with Crippen LogP contribution >= 0.6 is 11.6 Å². The molecule has 0 bridgehead atoms. The van der Waals surface area contributed by atoms with Crippen molar-refractivity contribution < 1.29 is 14.3 Å². The molecule has 148 valence electrons. The second-order valence-corrected chi connectivity index (χ2v) is 8.14. The van der Waals surface area contributed by atoms with Crippen molar-refractivity contribution >= 4 is 23.4 Å². The van der Waals surface area contributed by atoms with Crippen molar-refractivity contribution in [2.45, 2.75) is 31.8 Å². The second-order valence-electron chi connectivity index (χ2n) is 7.73. The molecule has 2 amide bonds. The molecule has 4 heterocycles. The number of ether oxygens (including phenoxy) is 1. The molecule has 3 saturated heterocycles. The van der Waals surface area contributed by atoms with Gasteiger partial charge in [0.05, 0.1) is 11.1 Å². The van der Waals surface area contributed by atoms with Gasteiger partial charge < -0.3 is 14.5 Å². The fraction of sp³-hybridized carbons (Fsp3) is 0.571. The van der Waals surface area contributed by atoms with Crippen LogP contribution < -0.4 is 0 Å². The number of urea groups is 1. The Hall–Kier alpha value is -2.10. The maximum absolute atomic E-state index is 12.9. The molecular weight excluding hydrogens is 378 g/mol. The van der Waals surface area contributed by atoms with Gasteiger partial charge in [-0.25, -0.2) is 9.78 Å². The first-order chi connectivity index (χ1) is 13.6. The van der Waals surface area contributed by atoms with Crippen LogP contribution in [0.25, 0.3) is 0 Å². The minimum Gasteiger partial charge on any atom is -0.370 e. The van der Waals surface area contributed by atoms with Crippen LogP contribution in [0.3, 0.4) is 0 Å². The molecule has 7 heteroatoms. The molecule has 3 aliphatic rings. The second kappa shape index (κ2) is 8.50. The third kappa shape index (κ3) is 4.31. The summed E-state index contributed by atoms with van der Waals surface area (Å²) in [7, 11) is 0. The highest BCUT2D eigenvalue weighted by atomic mass is 35.5. The highest BCUT2D eigenvalue weighted by Crippen LogP contribution is 2.28. The summed E-state index contributed by atoms with van der Waals surface area (Å²) in [6, 6.07) is 3.65. The number of ketones is 1. The number of rotatable bonds is 0. The molecule has 2 atom stereocenters. The number of nitrogens with zero attached hydrogens (tertiary/aromatic N) is 3. The highest BCUT2D eigenvalue weighted by Gasteiger charge is 2.38. The van der Waals surface area contributed by atoms with Crippen molar-refractivity contribution in [3.8, 4) is 11.8 Å². The summed E-state index contributed by atoms with van der Waals surface area (Å²) in [4.78, 5) is 32.6. The number of carbonyl (C=O) groups is 2. The van der Waals surface area contributed by atoms with Crippen molar-refractivity contribution in [1.29, 1.82) is 0 Å². The predicted molar refractivity (Wildman–Crippen MR) is 105 cm³/mol. The Morgan fingerprint density at radius 2 is 2.00 bits per heavy atom. The number of hydrogen-bond donors (Lipinski definition) is 0. The number of likely N-dealkylation sites (tertiary alicyclic amines) is 2. The third-order valence-corrected chi connectivity index (χ3v) is 6.11. The standard InChI is InChI=1S/C21H24ClN3O3/c22-18-2-1-8-23-19(18)4-3-15-5-9-24(10-6-15)21(27)25-11-7-20-16(13-25)12-17(26)14-28-20/h1-2,8,15-16,20H,5-7,9-14H2/t16-,20+/m1/s1. The van der Waals surface area contributed by atoms with Crippen LogP contribution in [0, 0.1) is 23.7 Å². The SMILES string of the molecule is O=C1CO[C@H]2CCN(C(=O)N3CCC(C#Cc4ncccc4Cl)CC3)C[C@H]2C1. The summed E-state index contributed by atoms with van der Waals surface area (Å²) in [6.07, 6.45) is 4.86. The van der Waals surface area contributed by atoms with Gasteiger partial charge >= 0.3 is 6.03 Å². The number of Topliss-reactive ketones (excluding diaryl/α,β-unsaturated/α-hetero) is 1. The van der Waals surface area contributed by atoms with Crippen LogP contribution in [0.1, 0.15) is 31.4 Å². The van der Waals surface area contributed by atoms with Crippen LogP contribution in [0.15, 0.2) is 18.3 Å². The topological polar surface area (TPSA) is 62.7 Å². The summed E-state index contributed by atoms with van der Waals surface area (Å²) in [5.41, 5.74) is 0.606. The van der Waals surface area contributed by atoms with Crippen LogP contribution in [0.2, 0.25) is 5.02 Å². The maximum atomic E-state index is 12.9.